The van der Waals surface area contributed by atoms with Crippen LogP contribution in [0.1, 0.15) is 32.6 Å². The van der Waals surface area contributed by atoms with Gasteiger partial charge in [0.1, 0.15) is 6.10 Å². The van der Waals surface area contributed by atoms with Crippen molar-refractivity contribution in [1.29, 1.82) is 0 Å². The van der Waals surface area contributed by atoms with Crippen molar-refractivity contribution in [3.8, 4) is 0 Å². The molecule has 0 aromatic rings. The molecular weight excluding hydrogens is 196 g/mol. The lowest BCUT2D eigenvalue weighted by Gasteiger charge is -2.28. The number of hydrogen-bond donors (Lipinski definition) is 2. The fraction of sp³-hybridized carbons (Fsp3) is 0.800. The van der Waals surface area contributed by atoms with Gasteiger partial charge >= 0.3 is 5.97 Å². The van der Waals surface area contributed by atoms with Crippen LogP contribution in [0.2, 0.25) is 0 Å². The molecule has 0 aromatic carbocycles. The highest BCUT2D eigenvalue weighted by atomic mass is 16.5. The molecule has 0 heterocycles. The fourth-order valence-corrected chi connectivity index (χ4v) is 1.80. The third kappa shape index (κ3) is 3.20. The standard InChI is InChI=1S/C10H18N2O3/c1-6-4-2-3-5-7(6)15-10(14)8(11)9(12)13/h6-8H,2-5,11H2,1H3,(H2,12,13)/t6-,7-,8?/m1/s1. The van der Waals surface area contributed by atoms with Gasteiger partial charge in [0.15, 0.2) is 6.04 Å². The largest absolute Gasteiger partial charge is 0.461 e. The molecule has 1 aliphatic carbocycles. The van der Waals surface area contributed by atoms with Crippen LogP contribution in [0, 0.1) is 5.92 Å². The highest BCUT2D eigenvalue weighted by Crippen LogP contribution is 2.26. The summed E-state index contributed by atoms with van der Waals surface area (Å²) in [4.78, 5) is 22.0. The smallest absolute Gasteiger partial charge is 0.333 e. The number of primary amides is 1. The normalized spacial score (nSPS) is 28.1. The molecule has 1 fully saturated rings. The molecule has 5 nitrogen and oxygen atoms in total. The third-order valence-electron chi connectivity index (χ3n) is 2.86. The summed E-state index contributed by atoms with van der Waals surface area (Å²) in [5.74, 6) is -1.22. The van der Waals surface area contributed by atoms with Crippen molar-refractivity contribution < 1.29 is 14.3 Å². The average Bonchev–Trinajstić information content (AvgIpc) is 2.20. The van der Waals surface area contributed by atoms with Crippen molar-refractivity contribution in [1.82, 2.24) is 0 Å². The van der Waals surface area contributed by atoms with E-state index in [2.05, 4.69) is 0 Å². The molecular formula is C10H18N2O3. The first kappa shape index (κ1) is 12.0. The third-order valence-corrected chi connectivity index (χ3v) is 2.86. The second kappa shape index (κ2) is 5.11. The van der Waals surface area contributed by atoms with Crippen LogP contribution in [0.15, 0.2) is 0 Å². The Balaban J connectivity index is 2.46. The summed E-state index contributed by atoms with van der Waals surface area (Å²) in [5, 5.41) is 0. The van der Waals surface area contributed by atoms with Crippen LogP contribution < -0.4 is 11.5 Å². The van der Waals surface area contributed by atoms with Gasteiger partial charge in [-0.15, -0.1) is 0 Å². The quantitative estimate of drug-likeness (QED) is 0.507. The number of nitrogens with two attached hydrogens (primary N) is 2. The van der Waals surface area contributed by atoms with Gasteiger partial charge in [0.25, 0.3) is 0 Å². The van der Waals surface area contributed by atoms with Gasteiger partial charge in [-0.2, -0.15) is 0 Å². The van der Waals surface area contributed by atoms with Crippen molar-refractivity contribution in [2.24, 2.45) is 17.4 Å². The molecule has 0 bridgehead atoms. The molecule has 1 rings (SSSR count). The second-order valence-electron chi connectivity index (χ2n) is 4.12. The summed E-state index contributed by atoms with van der Waals surface area (Å²) in [7, 11) is 0. The van der Waals surface area contributed by atoms with E-state index in [0.29, 0.717) is 5.92 Å². The molecule has 0 saturated heterocycles. The van der Waals surface area contributed by atoms with Crippen molar-refractivity contribution in [3.05, 3.63) is 0 Å². The topological polar surface area (TPSA) is 95.4 Å². The van der Waals surface area contributed by atoms with Gasteiger partial charge in [-0.25, -0.2) is 4.79 Å². The summed E-state index contributed by atoms with van der Waals surface area (Å²) >= 11 is 0. The number of amides is 1. The van der Waals surface area contributed by atoms with Crippen LogP contribution in [-0.4, -0.2) is 24.0 Å². The molecule has 3 atom stereocenters. The van der Waals surface area contributed by atoms with Crippen LogP contribution in [0.25, 0.3) is 0 Å². The Morgan fingerprint density at radius 3 is 2.47 bits per heavy atom. The molecule has 1 amide bonds. The zero-order valence-corrected chi connectivity index (χ0v) is 8.94. The number of carbonyl (C=O) groups is 2. The van der Waals surface area contributed by atoms with Gasteiger partial charge in [0.05, 0.1) is 0 Å². The number of esters is 1. The van der Waals surface area contributed by atoms with E-state index in [-0.39, 0.29) is 6.10 Å². The first-order valence-corrected chi connectivity index (χ1v) is 5.27. The van der Waals surface area contributed by atoms with Gasteiger partial charge in [-0.1, -0.05) is 13.3 Å². The molecule has 0 radical (unpaired) electrons. The SMILES string of the molecule is C[C@@H]1CCCC[C@H]1OC(=O)C(N)C(N)=O. The maximum absolute atomic E-state index is 11.4. The predicted octanol–water partition coefficient (Wildman–Crippen LogP) is -0.0791. The lowest BCUT2D eigenvalue weighted by Crippen LogP contribution is -2.46. The maximum atomic E-state index is 11.4. The lowest BCUT2D eigenvalue weighted by molar-refractivity contribution is -0.156. The van der Waals surface area contributed by atoms with Crippen LogP contribution in [-0.2, 0) is 14.3 Å². The zero-order valence-electron chi connectivity index (χ0n) is 8.94. The maximum Gasteiger partial charge on any atom is 0.333 e. The monoisotopic (exact) mass is 214 g/mol. The Morgan fingerprint density at radius 1 is 1.33 bits per heavy atom. The number of rotatable bonds is 3. The molecule has 0 aliphatic heterocycles. The Bertz CT molecular complexity index is 255. The van der Waals surface area contributed by atoms with E-state index in [4.69, 9.17) is 16.2 Å². The number of hydrogen-bond acceptors (Lipinski definition) is 4. The molecule has 0 spiro atoms. The van der Waals surface area contributed by atoms with Crippen molar-refractivity contribution >= 4 is 11.9 Å². The van der Waals surface area contributed by atoms with Crippen molar-refractivity contribution in [3.63, 3.8) is 0 Å². The molecule has 86 valence electrons. The zero-order chi connectivity index (χ0) is 11.4. The first-order chi connectivity index (χ1) is 7.02. The first-order valence-electron chi connectivity index (χ1n) is 5.27. The van der Waals surface area contributed by atoms with Gasteiger partial charge in [0, 0.05) is 0 Å². The number of ether oxygens (including phenoxy) is 1. The van der Waals surface area contributed by atoms with Gasteiger partial charge in [-0.3, -0.25) is 4.79 Å². The minimum Gasteiger partial charge on any atom is -0.461 e. The summed E-state index contributed by atoms with van der Waals surface area (Å²) in [6, 6.07) is -1.33. The average molecular weight is 214 g/mol. The summed E-state index contributed by atoms with van der Waals surface area (Å²) in [6.07, 6.45) is 3.99. The van der Waals surface area contributed by atoms with Crippen LogP contribution in [0.4, 0.5) is 0 Å². The molecule has 1 saturated carbocycles. The molecule has 4 N–H and O–H groups in total. The summed E-state index contributed by atoms with van der Waals surface area (Å²) in [5.41, 5.74) is 10.2. The van der Waals surface area contributed by atoms with Crippen LogP contribution in [0.5, 0.6) is 0 Å². The van der Waals surface area contributed by atoms with Crippen LogP contribution in [0.3, 0.4) is 0 Å². The Morgan fingerprint density at radius 2 is 1.93 bits per heavy atom. The highest BCUT2D eigenvalue weighted by Gasteiger charge is 2.28. The molecule has 5 heteroatoms. The predicted molar refractivity (Wildman–Crippen MR) is 54.7 cm³/mol. The van der Waals surface area contributed by atoms with Crippen LogP contribution >= 0.6 is 0 Å². The molecule has 1 aliphatic rings. The van der Waals surface area contributed by atoms with Gasteiger partial charge in [0.2, 0.25) is 5.91 Å². The molecule has 1 unspecified atom stereocenters. The van der Waals surface area contributed by atoms with Crippen molar-refractivity contribution in [2.75, 3.05) is 0 Å². The summed E-state index contributed by atoms with van der Waals surface area (Å²) in [6.45, 7) is 2.03. The second-order valence-corrected chi connectivity index (χ2v) is 4.12. The Hall–Kier alpha value is -1.10. The van der Waals surface area contributed by atoms with E-state index in [1.165, 1.54) is 0 Å². The summed E-state index contributed by atoms with van der Waals surface area (Å²) < 4.78 is 5.16. The lowest BCUT2D eigenvalue weighted by atomic mass is 9.88. The number of carbonyl (C=O) groups excluding carboxylic acids is 2. The van der Waals surface area contributed by atoms with E-state index in [9.17, 15) is 9.59 Å². The molecule has 15 heavy (non-hydrogen) atoms. The Labute approximate surface area is 89.1 Å². The van der Waals surface area contributed by atoms with E-state index >= 15 is 0 Å². The van der Waals surface area contributed by atoms with Gasteiger partial charge in [-0.05, 0) is 25.2 Å². The van der Waals surface area contributed by atoms with E-state index < -0.39 is 17.9 Å². The van der Waals surface area contributed by atoms with E-state index in [0.717, 1.165) is 25.7 Å². The van der Waals surface area contributed by atoms with Crippen molar-refractivity contribution in [2.45, 2.75) is 44.8 Å². The van der Waals surface area contributed by atoms with E-state index in [1.807, 2.05) is 6.92 Å². The fourth-order valence-electron chi connectivity index (χ4n) is 1.80. The highest BCUT2D eigenvalue weighted by molar-refractivity contribution is 6.00. The van der Waals surface area contributed by atoms with Gasteiger partial charge < -0.3 is 16.2 Å². The Kier molecular flexibility index (Phi) is 4.08. The minimum absolute atomic E-state index is 0.114. The molecule has 0 aromatic heterocycles. The minimum atomic E-state index is -1.33. The van der Waals surface area contributed by atoms with E-state index in [1.54, 1.807) is 0 Å².